The van der Waals surface area contributed by atoms with E-state index in [-0.39, 0.29) is 5.91 Å². The van der Waals surface area contributed by atoms with Crippen LogP contribution in [0.5, 0.6) is 0 Å². The van der Waals surface area contributed by atoms with Gasteiger partial charge in [0.2, 0.25) is 0 Å². The van der Waals surface area contributed by atoms with Gasteiger partial charge in [0.1, 0.15) is 0 Å². The number of amides is 1. The number of carbonyl (C=O) groups excluding carboxylic acids is 1. The minimum absolute atomic E-state index is 0.0102. The second-order valence-electron chi connectivity index (χ2n) is 4.87. The van der Waals surface area contributed by atoms with Crippen LogP contribution in [0.3, 0.4) is 0 Å². The minimum Gasteiger partial charge on any atom is -0.340 e. The standard InChI is InChI=1S/C15H19BrN4O/c1-11-14(15(21)19(3)8-7-17-2)10-18-20(11)13-6-4-5-12(16)9-13/h4-6,9-10,17H,7-8H2,1-3H3. The second-order valence-corrected chi connectivity index (χ2v) is 5.78. The summed E-state index contributed by atoms with van der Waals surface area (Å²) in [4.78, 5) is 14.1. The highest BCUT2D eigenvalue weighted by atomic mass is 79.9. The number of halogens is 1. The van der Waals surface area contributed by atoms with E-state index in [1.54, 1.807) is 22.8 Å². The van der Waals surface area contributed by atoms with Crippen molar-refractivity contribution in [3.63, 3.8) is 0 Å². The van der Waals surface area contributed by atoms with Gasteiger partial charge in [0.15, 0.2) is 0 Å². The van der Waals surface area contributed by atoms with Crippen LogP contribution in [0.1, 0.15) is 16.1 Å². The molecule has 1 amide bonds. The van der Waals surface area contributed by atoms with E-state index < -0.39 is 0 Å². The Hall–Kier alpha value is -1.66. The molecule has 0 aliphatic carbocycles. The van der Waals surface area contributed by atoms with Crippen LogP contribution in [-0.4, -0.2) is 47.8 Å². The highest BCUT2D eigenvalue weighted by molar-refractivity contribution is 9.10. The number of nitrogens with zero attached hydrogens (tertiary/aromatic N) is 3. The molecule has 6 heteroatoms. The van der Waals surface area contributed by atoms with Gasteiger partial charge in [0.05, 0.1) is 23.1 Å². The number of likely N-dealkylation sites (N-methyl/N-ethyl adjacent to an activating group) is 2. The van der Waals surface area contributed by atoms with Crippen LogP contribution in [0.2, 0.25) is 0 Å². The molecule has 0 bridgehead atoms. The van der Waals surface area contributed by atoms with Crippen molar-refractivity contribution in [2.75, 3.05) is 27.2 Å². The van der Waals surface area contributed by atoms with Crippen molar-refractivity contribution in [1.29, 1.82) is 0 Å². The highest BCUT2D eigenvalue weighted by Crippen LogP contribution is 2.19. The summed E-state index contributed by atoms with van der Waals surface area (Å²) in [6, 6.07) is 7.84. The molecule has 0 aliphatic heterocycles. The summed E-state index contributed by atoms with van der Waals surface area (Å²) in [6.07, 6.45) is 1.63. The fourth-order valence-electron chi connectivity index (χ4n) is 2.07. The Morgan fingerprint density at radius 3 is 2.90 bits per heavy atom. The molecule has 1 aromatic carbocycles. The van der Waals surface area contributed by atoms with Crippen LogP contribution >= 0.6 is 15.9 Å². The average molecular weight is 351 g/mol. The molecule has 1 heterocycles. The molecule has 0 aliphatic rings. The molecule has 1 aromatic heterocycles. The summed E-state index contributed by atoms with van der Waals surface area (Å²) in [5, 5.41) is 7.38. The molecule has 5 nitrogen and oxygen atoms in total. The van der Waals surface area contributed by atoms with Gasteiger partial charge in [0, 0.05) is 24.6 Å². The summed E-state index contributed by atoms with van der Waals surface area (Å²) >= 11 is 3.45. The Labute approximate surface area is 133 Å². The molecule has 0 spiro atoms. The number of benzene rings is 1. The molecule has 0 unspecified atom stereocenters. The maximum Gasteiger partial charge on any atom is 0.257 e. The maximum absolute atomic E-state index is 12.4. The molecule has 0 saturated carbocycles. The van der Waals surface area contributed by atoms with E-state index in [1.165, 1.54) is 0 Å². The molecule has 112 valence electrons. The van der Waals surface area contributed by atoms with Gasteiger partial charge in [-0.15, -0.1) is 0 Å². The Morgan fingerprint density at radius 1 is 1.48 bits per heavy atom. The average Bonchev–Trinajstić information content (AvgIpc) is 2.85. The molecule has 0 fully saturated rings. The first-order valence-electron chi connectivity index (χ1n) is 6.75. The molecule has 0 radical (unpaired) electrons. The van der Waals surface area contributed by atoms with E-state index in [0.29, 0.717) is 12.1 Å². The molecule has 2 rings (SSSR count). The maximum atomic E-state index is 12.4. The van der Waals surface area contributed by atoms with Gasteiger partial charge in [0.25, 0.3) is 5.91 Å². The van der Waals surface area contributed by atoms with Crippen molar-refractivity contribution in [2.24, 2.45) is 0 Å². The predicted molar refractivity (Wildman–Crippen MR) is 86.9 cm³/mol. The lowest BCUT2D eigenvalue weighted by Gasteiger charge is -2.16. The Bertz CT molecular complexity index is 638. The number of aromatic nitrogens is 2. The van der Waals surface area contributed by atoms with Crippen molar-refractivity contribution in [2.45, 2.75) is 6.92 Å². The zero-order valence-corrected chi connectivity index (χ0v) is 14.0. The summed E-state index contributed by atoms with van der Waals surface area (Å²) in [6.45, 7) is 3.34. The van der Waals surface area contributed by atoms with Crippen molar-refractivity contribution >= 4 is 21.8 Å². The lowest BCUT2D eigenvalue weighted by Crippen LogP contribution is -2.33. The van der Waals surface area contributed by atoms with E-state index in [9.17, 15) is 4.79 Å². The van der Waals surface area contributed by atoms with E-state index >= 15 is 0 Å². The van der Waals surface area contributed by atoms with Gasteiger partial charge in [-0.3, -0.25) is 4.79 Å². The lowest BCUT2D eigenvalue weighted by atomic mass is 10.2. The summed E-state index contributed by atoms with van der Waals surface area (Å²) < 4.78 is 2.76. The quantitative estimate of drug-likeness (QED) is 0.899. The first-order chi connectivity index (χ1) is 10.0. The van der Waals surface area contributed by atoms with Crippen LogP contribution in [-0.2, 0) is 0 Å². The van der Waals surface area contributed by atoms with Gasteiger partial charge < -0.3 is 10.2 Å². The third-order valence-corrected chi connectivity index (χ3v) is 3.83. The van der Waals surface area contributed by atoms with E-state index in [1.807, 2.05) is 38.2 Å². The van der Waals surface area contributed by atoms with Crippen molar-refractivity contribution < 1.29 is 4.79 Å². The predicted octanol–water partition coefficient (Wildman–Crippen LogP) is 2.23. The van der Waals surface area contributed by atoms with Crippen LogP contribution < -0.4 is 5.32 Å². The minimum atomic E-state index is -0.0102. The smallest absolute Gasteiger partial charge is 0.257 e. The van der Waals surface area contributed by atoms with Gasteiger partial charge in [-0.2, -0.15) is 5.10 Å². The molecule has 2 aromatic rings. The monoisotopic (exact) mass is 350 g/mol. The Kier molecular flexibility index (Phi) is 5.14. The van der Waals surface area contributed by atoms with Gasteiger partial charge >= 0.3 is 0 Å². The number of hydrogen-bond acceptors (Lipinski definition) is 3. The fraction of sp³-hybridized carbons (Fsp3) is 0.333. The first kappa shape index (κ1) is 15.7. The molecular formula is C15H19BrN4O. The molecule has 21 heavy (non-hydrogen) atoms. The fourth-order valence-corrected chi connectivity index (χ4v) is 2.46. The zero-order chi connectivity index (χ0) is 15.4. The summed E-state index contributed by atoms with van der Waals surface area (Å²) in [5.74, 6) is -0.0102. The molecule has 1 N–H and O–H groups in total. The summed E-state index contributed by atoms with van der Waals surface area (Å²) in [5.41, 5.74) is 2.40. The third-order valence-electron chi connectivity index (χ3n) is 3.34. The normalized spacial score (nSPS) is 10.7. The zero-order valence-electron chi connectivity index (χ0n) is 12.4. The lowest BCUT2D eigenvalue weighted by molar-refractivity contribution is 0.0796. The van der Waals surface area contributed by atoms with Crippen molar-refractivity contribution in [3.8, 4) is 5.69 Å². The largest absolute Gasteiger partial charge is 0.340 e. The van der Waals surface area contributed by atoms with Crippen molar-refractivity contribution in [1.82, 2.24) is 20.0 Å². The van der Waals surface area contributed by atoms with Crippen molar-refractivity contribution in [3.05, 3.63) is 46.2 Å². The topological polar surface area (TPSA) is 50.2 Å². The van der Waals surface area contributed by atoms with Crippen LogP contribution in [0.4, 0.5) is 0 Å². The summed E-state index contributed by atoms with van der Waals surface area (Å²) in [7, 11) is 3.67. The number of rotatable bonds is 5. The van der Waals surface area contributed by atoms with Gasteiger partial charge in [-0.1, -0.05) is 22.0 Å². The highest BCUT2D eigenvalue weighted by Gasteiger charge is 2.18. The van der Waals surface area contributed by atoms with Gasteiger partial charge in [-0.25, -0.2) is 4.68 Å². The second kappa shape index (κ2) is 6.87. The van der Waals surface area contributed by atoms with Crippen LogP contribution in [0.25, 0.3) is 5.69 Å². The molecule has 0 saturated heterocycles. The van der Waals surface area contributed by atoms with E-state index in [2.05, 4.69) is 26.3 Å². The molecule has 0 atom stereocenters. The SMILES string of the molecule is CNCCN(C)C(=O)c1cnn(-c2cccc(Br)c2)c1C. The van der Waals surface area contributed by atoms with E-state index in [0.717, 1.165) is 22.4 Å². The Morgan fingerprint density at radius 2 is 2.24 bits per heavy atom. The Balaban J connectivity index is 2.26. The third kappa shape index (κ3) is 3.51. The first-order valence-corrected chi connectivity index (χ1v) is 7.54. The van der Waals surface area contributed by atoms with Crippen LogP contribution in [0, 0.1) is 6.92 Å². The van der Waals surface area contributed by atoms with E-state index in [4.69, 9.17) is 0 Å². The number of nitrogens with one attached hydrogen (secondary N) is 1. The van der Waals surface area contributed by atoms with Gasteiger partial charge in [-0.05, 0) is 32.2 Å². The van der Waals surface area contributed by atoms with Crippen LogP contribution in [0.15, 0.2) is 34.9 Å². The number of hydrogen-bond donors (Lipinski definition) is 1. The number of carbonyl (C=O) groups is 1. The molecular weight excluding hydrogens is 332 g/mol.